The largest absolute Gasteiger partial charge is 0.354 e. The number of anilines is 1. The first-order valence-electron chi connectivity index (χ1n) is 11.3. The Morgan fingerprint density at radius 2 is 1.91 bits per heavy atom. The quantitative estimate of drug-likeness (QED) is 0.503. The van der Waals surface area contributed by atoms with Gasteiger partial charge in [0.1, 0.15) is 29.4 Å². The van der Waals surface area contributed by atoms with Crippen LogP contribution in [0.3, 0.4) is 0 Å². The molecule has 2 aliphatic rings. The average molecular weight is 488 g/mol. The zero-order valence-corrected chi connectivity index (χ0v) is 19.0. The van der Waals surface area contributed by atoms with Crippen LogP contribution in [-0.2, 0) is 16.6 Å². The second kappa shape index (κ2) is 10.1. The van der Waals surface area contributed by atoms with Gasteiger partial charge in [0.2, 0.25) is 11.8 Å². The molecule has 0 aliphatic carbocycles. The molecule has 2 saturated heterocycles. The summed E-state index contributed by atoms with van der Waals surface area (Å²) in [6, 6.07) is 2.56. The molecular formula is C23H26F2N6O4. The number of amides is 5. The van der Waals surface area contributed by atoms with Crippen molar-refractivity contribution in [1.82, 2.24) is 25.4 Å². The van der Waals surface area contributed by atoms with E-state index in [2.05, 4.69) is 21.3 Å². The van der Waals surface area contributed by atoms with Crippen LogP contribution in [0.2, 0.25) is 0 Å². The van der Waals surface area contributed by atoms with Gasteiger partial charge in [-0.25, -0.2) is 13.6 Å². The van der Waals surface area contributed by atoms with Gasteiger partial charge in [0, 0.05) is 32.4 Å². The van der Waals surface area contributed by atoms with E-state index in [-0.39, 0.29) is 24.6 Å². The Morgan fingerprint density at radius 1 is 1.11 bits per heavy atom. The molecular weight excluding hydrogens is 462 g/mol. The predicted octanol–water partition coefficient (Wildman–Crippen LogP) is 1.10. The number of aromatic nitrogens is 1. The number of rotatable bonds is 5. The van der Waals surface area contributed by atoms with Crippen LogP contribution >= 0.6 is 0 Å². The number of halogens is 2. The van der Waals surface area contributed by atoms with E-state index in [0.29, 0.717) is 31.1 Å². The predicted molar refractivity (Wildman–Crippen MR) is 121 cm³/mol. The van der Waals surface area contributed by atoms with Crippen LogP contribution in [0.5, 0.6) is 0 Å². The van der Waals surface area contributed by atoms with Crippen LogP contribution in [0.25, 0.3) is 0 Å². The first kappa shape index (κ1) is 24.2. The van der Waals surface area contributed by atoms with E-state index in [1.807, 2.05) is 0 Å². The topological polar surface area (TPSA) is 125 Å². The highest BCUT2D eigenvalue weighted by Gasteiger charge is 2.44. The molecule has 4 N–H and O–H groups in total. The first-order chi connectivity index (χ1) is 16.7. The summed E-state index contributed by atoms with van der Waals surface area (Å²) < 4.78 is 28.7. The van der Waals surface area contributed by atoms with Gasteiger partial charge in [0.15, 0.2) is 0 Å². The summed E-state index contributed by atoms with van der Waals surface area (Å²) in [4.78, 5) is 52.6. The van der Waals surface area contributed by atoms with Crippen molar-refractivity contribution in [2.45, 2.75) is 37.4 Å². The van der Waals surface area contributed by atoms with Crippen molar-refractivity contribution < 1.29 is 28.0 Å². The van der Waals surface area contributed by atoms with Gasteiger partial charge < -0.3 is 30.7 Å². The van der Waals surface area contributed by atoms with Crippen LogP contribution in [0.1, 0.15) is 29.8 Å². The highest BCUT2D eigenvalue weighted by atomic mass is 19.1. The molecule has 2 fully saturated rings. The van der Waals surface area contributed by atoms with E-state index in [1.54, 1.807) is 29.9 Å². The molecule has 3 atom stereocenters. The maximum absolute atomic E-state index is 13.9. The molecule has 1 aromatic heterocycles. The second-order valence-corrected chi connectivity index (χ2v) is 8.56. The third kappa shape index (κ3) is 5.26. The lowest BCUT2D eigenvalue weighted by Crippen LogP contribution is -2.59. The zero-order valence-electron chi connectivity index (χ0n) is 19.0. The standard InChI is InChI=1S/C23H26F2N6O4/c1-30-10-3-5-18(30)22(34)31-11-8-16(19(31)21(33)27-17-4-2-9-26-20(17)32)29-23(35)28-15-7-6-13(24)12-14(15)25/h3,5-7,10,12,16-17,19H,2,4,8-9,11H2,1H3,(H,26,32)(H,27,33)(H2,28,29,35)/t16-,17-,19-/m0/s1. The molecule has 12 heteroatoms. The number of hydrogen-bond donors (Lipinski definition) is 4. The van der Waals surface area contributed by atoms with Gasteiger partial charge in [-0.05, 0) is 43.5 Å². The lowest BCUT2D eigenvalue weighted by molar-refractivity contribution is -0.132. The number of carbonyl (C=O) groups is 4. The Morgan fingerprint density at radius 3 is 2.60 bits per heavy atom. The molecule has 0 unspecified atom stereocenters. The zero-order chi connectivity index (χ0) is 25.1. The van der Waals surface area contributed by atoms with E-state index < -0.39 is 47.6 Å². The summed E-state index contributed by atoms with van der Waals surface area (Å²) in [5.74, 6) is -3.03. The van der Waals surface area contributed by atoms with Gasteiger partial charge in [-0.1, -0.05) is 0 Å². The number of nitrogens with zero attached hydrogens (tertiary/aromatic N) is 2. The fourth-order valence-corrected chi connectivity index (χ4v) is 4.41. The Kier molecular flexibility index (Phi) is 6.99. The Labute approximate surface area is 200 Å². The molecule has 4 rings (SSSR count). The van der Waals surface area contributed by atoms with Crippen LogP contribution in [0, 0.1) is 11.6 Å². The summed E-state index contributed by atoms with van der Waals surface area (Å²) in [6.45, 7) is 0.700. The minimum atomic E-state index is -1.10. The van der Waals surface area contributed by atoms with Crippen molar-refractivity contribution in [3.63, 3.8) is 0 Å². The maximum atomic E-state index is 13.9. The number of hydrogen-bond acceptors (Lipinski definition) is 4. The average Bonchev–Trinajstić information content (AvgIpc) is 3.43. The Balaban J connectivity index is 1.53. The van der Waals surface area contributed by atoms with E-state index in [0.717, 1.165) is 12.1 Å². The normalized spacial score (nSPS) is 21.9. The van der Waals surface area contributed by atoms with E-state index in [9.17, 15) is 28.0 Å². The van der Waals surface area contributed by atoms with Gasteiger partial charge in [0.25, 0.3) is 5.91 Å². The number of piperidine rings is 1. The van der Waals surface area contributed by atoms with Crippen LogP contribution < -0.4 is 21.3 Å². The summed E-state index contributed by atoms with van der Waals surface area (Å²) in [7, 11) is 1.70. The molecule has 0 saturated carbocycles. The molecule has 35 heavy (non-hydrogen) atoms. The SMILES string of the molecule is Cn1cccc1C(=O)N1CC[C@H](NC(=O)Nc2ccc(F)cc2F)[C@H]1C(=O)N[C@H]1CCCNC1=O. The summed E-state index contributed by atoms with van der Waals surface area (Å²) in [5.41, 5.74) is 0.121. The summed E-state index contributed by atoms with van der Waals surface area (Å²) in [6.07, 6.45) is 3.11. The highest BCUT2D eigenvalue weighted by Crippen LogP contribution is 2.23. The second-order valence-electron chi connectivity index (χ2n) is 8.56. The van der Waals surface area contributed by atoms with Crippen LogP contribution in [-0.4, -0.2) is 64.4 Å². The lowest BCUT2D eigenvalue weighted by atomic mass is 10.0. The third-order valence-corrected chi connectivity index (χ3v) is 6.19. The van der Waals surface area contributed by atoms with Crippen molar-refractivity contribution in [3.05, 3.63) is 53.9 Å². The highest BCUT2D eigenvalue weighted by molar-refractivity contribution is 5.99. The van der Waals surface area contributed by atoms with Gasteiger partial charge in [-0.15, -0.1) is 0 Å². The maximum Gasteiger partial charge on any atom is 0.319 e. The van der Waals surface area contributed by atoms with E-state index in [1.165, 1.54) is 4.90 Å². The molecule has 186 valence electrons. The van der Waals surface area contributed by atoms with Crippen molar-refractivity contribution in [2.24, 2.45) is 7.05 Å². The summed E-state index contributed by atoms with van der Waals surface area (Å²) >= 11 is 0. The van der Waals surface area contributed by atoms with Gasteiger partial charge in [0.05, 0.1) is 11.7 Å². The number of urea groups is 1. The minimum Gasteiger partial charge on any atom is -0.354 e. The van der Waals surface area contributed by atoms with E-state index in [4.69, 9.17) is 0 Å². The molecule has 2 aliphatic heterocycles. The fraction of sp³-hybridized carbons (Fsp3) is 0.391. The third-order valence-electron chi connectivity index (χ3n) is 6.19. The molecule has 0 radical (unpaired) electrons. The van der Waals surface area contributed by atoms with E-state index >= 15 is 0 Å². The van der Waals surface area contributed by atoms with Crippen molar-refractivity contribution in [2.75, 3.05) is 18.4 Å². The van der Waals surface area contributed by atoms with Crippen molar-refractivity contribution >= 4 is 29.4 Å². The summed E-state index contributed by atoms with van der Waals surface area (Å²) in [5, 5.41) is 10.3. The number of benzene rings is 1. The molecule has 0 spiro atoms. The van der Waals surface area contributed by atoms with Gasteiger partial charge >= 0.3 is 6.03 Å². The number of likely N-dealkylation sites (tertiary alicyclic amines) is 1. The molecule has 0 bridgehead atoms. The van der Waals surface area contributed by atoms with Crippen LogP contribution in [0.4, 0.5) is 19.3 Å². The molecule has 3 heterocycles. The number of nitrogens with one attached hydrogen (secondary N) is 4. The molecule has 1 aromatic carbocycles. The van der Waals surface area contributed by atoms with Crippen molar-refractivity contribution in [3.8, 4) is 0 Å². The van der Waals surface area contributed by atoms with Crippen molar-refractivity contribution in [1.29, 1.82) is 0 Å². The molecule has 2 aromatic rings. The van der Waals surface area contributed by atoms with Crippen LogP contribution in [0.15, 0.2) is 36.5 Å². The number of carbonyl (C=O) groups excluding carboxylic acids is 4. The Bertz CT molecular complexity index is 1150. The van der Waals surface area contributed by atoms with Gasteiger partial charge in [-0.2, -0.15) is 0 Å². The number of aryl methyl sites for hydroxylation is 1. The molecule has 5 amide bonds. The van der Waals surface area contributed by atoms with Gasteiger partial charge in [-0.3, -0.25) is 14.4 Å². The molecule has 10 nitrogen and oxygen atoms in total. The smallest absolute Gasteiger partial charge is 0.319 e. The lowest BCUT2D eigenvalue weighted by Gasteiger charge is -2.30. The Hall–Kier alpha value is -3.96. The first-order valence-corrected chi connectivity index (χ1v) is 11.3. The fourth-order valence-electron chi connectivity index (χ4n) is 4.41. The minimum absolute atomic E-state index is 0.175. The monoisotopic (exact) mass is 488 g/mol.